The Hall–Kier alpha value is -2.73. The van der Waals surface area contributed by atoms with Crippen LogP contribution in [0.2, 0.25) is 0 Å². The third-order valence-corrected chi connectivity index (χ3v) is 6.05. The number of rotatable bonds is 10. The van der Waals surface area contributed by atoms with E-state index in [0.717, 1.165) is 34.7 Å². The second-order valence-corrected chi connectivity index (χ2v) is 8.30. The number of hydrogen-bond donors (Lipinski definition) is 0. The second-order valence-electron chi connectivity index (χ2n) is 7.23. The van der Waals surface area contributed by atoms with Gasteiger partial charge < -0.3 is 9.47 Å². The molecule has 0 N–H and O–H groups in total. The van der Waals surface area contributed by atoms with Crippen LogP contribution in [0, 0.1) is 0 Å². The molecular formula is C24H27N3O2S. The summed E-state index contributed by atoms with van der Waals surface area (Å²) in [5, 5.41) is 9.56. The molecule has 0 aliphatic heterocycles. The van der Waals surface area contributed by atoms with Crippen molar-refractivity contribution in [3.63, 3.8) is 0 Å². The molecule has 0 spiro atoms. The standard InChI is InChI=1S/C24H27N3O2S/c1-2-14-27-23(18-29-22-13-12-19-8-6-7-9-20(19)17-22)25-26-24(27)30-16-15-28-21-10-4-3-5-11-21/h2-5,10-13,17H,1,6-9,14-16,18H2. The number of para-hydroxylation sites is 1. The molecule has 0 atom stereocenters. The lowest BCUT2D eigenvalue weighted by Crippen LogP contribution is -2.09. The van der Waals surface area contributed by atoms with Crippen LogP contribution in [0.1, 0.15) is 29.8 Å². The number of allylic oxidation sites excluding steroid dienone is 1. The molecule has 2 aromatic carbocycles. The predicted octanol–water partition coefficient (Wildman–Crippen LogP) is 5.09. The largest absolute Gasteiger partial charge is 0.493 e. The Kier molecular flexibility index (Phi) is 7.08. The predicted molar refractivity (Wildman–Crippen MR) is 120 cm³/mol. The van der Waals surface area contributed by atoms with Gasteiger partial charge in [0, 0.05) is 12.3 Å². The molecule has 1 heterocycles. The Bertz CT molecular complexity index is 972. The van der Waals surface area contributed by atoms with Crippen molar-refractivity contribution in [1.82, 2.24) is 14.8 Å². The highest BCUT2D eigenvalue weighted by molar-refractivity contribution is 7.99. The molecule has 1 aliphatic carbocycles. The van der Waals surface area contributed by atoms with Gasteiger partial charge in [-0.1, -0.05) is 42.1 Å². The maximum Gasteiger partial charge on any atom is 0.191 e. The summed E-state index contributed by atoms with van der Waals surface area (Å²) in [5.74, 6) is 3.37. The Morgan fingerprint density at radius 2 is 1.80 bits per heavy atom. The molecule has 1 aliphatic rings. The van der Waals surface area contributed by atoms with E-state index in [1.54, 1.807) is 11.8 Å². The number of benzene rings is 2. The Morgan fingerprint density at radius 3 is 2.63 bits per heavy atom. The first kappa shape index (κ1) is 20.5. The van der Waals surface area contributed by atoms with E-state index in [-0.39, 0.29) is 0 Å². The zero-order valence-corrected chi connectivity index (χ0v) is 17.9. The molecule has 156 valence electrons. The summed E-state index contributed by atoms with van der Waals surface area (Å²) < 4.78 is 13.9. The zero-order chi connectivity index (χ0) is 20.6. The van der Waals surface area contributed by atoms with Crippen LogP contribution in [-0.4, -0.2) is 27.1 Å². The van der Waals surface area contributed by atoms with Gasteiger partial charge in [0.2, 0.25) is 0 Å². The van der Waals surface area contributed by atoms with E-state index in [1.807, 2.05) is 36.4 Å². The van der Waals surface area contributed by atoms with Crippen LogP contribution >= 0.6 is 11.8 Å². The normalized spacial score (nSPS) is 12.9. The van der Waals surface area contributed by atoms with Gasteiger partial charge in [-0.25, -0.2) is 0 Å². The highest BCUT2D eigenvalue weighted by Gasteiger charge is 2.14. The molecule has 0 fully saturated rings. The van der Waals surface area contributed by atoms with E-state index in [0.29, 0.717) is 19.8 Å². The quantitative estimate of drug-likeness (QED) is 0.259. The molecule has 0 radical (unpaired) electrons. The van der Waals surface area contributed by atoms with E-state index in [2.05, 4.69) is 39.5 Å². The van der Waals surface area contributed by atoms with Crippen LogP contribution in [0.5, 0.6) is 11.5 Å². The maximum atomic E-state index is 6.05. The lowest BCUT2D eigenvalue weighted by atomic mass is 9.92. The van der Waals surface area contributed by atoms with Crippen LogP contribution in [0.4, 0.5) is 0 Å². The van der Waals surface area contributed by atoms with Crippen molar-refractivity contribution in [2.45, 2.75) is 44.0 Å². The van der Waals surface area contributed by atoms with Crippen molar-refractivity contribution in [2.24, 2.45) is 0 Å². The summed E-state index contributed by atoms with van der Waals surface area (Å²) in [6.07, 6.45) is 6.73. The second kappa shape index (κ2) is 10.3. The minimum Gasteiger partial charge on any atom is -0.493 e. The molecule has 4 rings (SSSR count). The third kappa shape index (κ3) is 5.25. The van der Waals surface area contributed by atoms with Gasteiger partial charge in [-0.3, -0.25) is 4.57 Å². The number of aryl methyl sites for hydroxylation is 2. The van der Waals surface area contributed by atoms with E-state index >= 15 is 0 Å². The van der Waals surface area contributed by atoms with Gasteiger partial charge >= 0.3 is 0 Å². The van der Waals surface area contributed by atoms with E-state index in [1.165, 1.54) is 30.4 Å². The Balaban J connectivity index is 1.34. The molecule has 0 unspecified atom stereocenters. The van der Waals surface area contributed by atoms with E-state index in [4.69, 9.17) is 9.47 Å². The summed E-state index contributed by atoms with van der Waals surface area (Å²) in [6.45, 7) is 5.52. The number of thioether (sulfide) groups is 1. The fourth-order valence-electron chi connectivity index (χ4n) is 3.60. The molecule has 0 saturated heterocycles. The lowest BCUT2D eigenvalue weighted by Gasteiger charge is -2.16. The maximum absolute atomic E-state index is 6.05. The van der Waals surface area contributed by atoms with Gasteiger partial charge in [-0.15, -0.1) is 16.8 Å². The summed E-state index contributed by atoms with van der Waals surface area (Å²) in [7, 11) is 0. The molecule has 6 heteroatoms. The number of fused-ring (bicyclic) bond motifs is 1. The molecule has 5 nitrogen and oxygen atoms in total. The van der Waals surface area contributed by atoms with Crippen molar-refractivity contribution in [1.29, 1.82) is 0 Å². The lowest BCUT2D eigenvalue weighted by molar-refractivity contribution is 0.288. The summed E-state index contributed by atoms with van der Waals surface area (Å²) in [5.41, 5.74) is 2.88. The van der Waals surface area contributed by atoms with Crippen LogP contribution in [0.25, 0.3) is 0 Å². The Labute approximate surface area is 182 Å². The Morgan fingerprint density at radius 1 is 0.967 bits per heavy atom. The molecule has 0 saturated carbocycles. The van der Waals surface area contributed by atoms with Crippen molar-refractivity contribution in [2.75, 3.05) is 12.4 Å². The van der Waals surface area contributed by atoms with Gasteiger partial charge in [0.1, 0.15) is 18.1 Å². The molecule has 0 amide bonds. The number of hydrogen-bond acceptors (Lipinski definition) is 5. The van der Waals surface area contributed by atoms with Gasteiger partial charge in [-0.2, -0.15) is 0 Å². The third-order valence-electron chi connectivity index (χ3n) is 5.12. The minimum atomic E-state index is 0.390. The molecular weight excluding hydrogens is 394 g/mol. The first-order chi connectivity index (χ1) is 14.8. The monoisotopic (exact) mass is 421 g/mol. The van der Waals surface area contributed by atoms with Gasteiger partial charge in [0.05, 0.1) is 6.61 Å². The number of aromatic nitrogens is 3. The summed E-state index contributed by atoms with van der Waals surface area (Å²) in [6, 6.07) is 16.3. The fourth-order valence-corrected chi connectivity index (χ4v) is 4.39. The summed E-state index contributed by atoms with van der Waals surface area (Å²) in [4.78, 5) is 0. The van der Waals surface area contributed by atoms with Crippen molar-refractivity contribution >= 4 is 11.8 Å². The number of nitrogens with zero attached hydrogens (tertiary/aromatic N) is 3. The fraction of sp³-hybridized carbons (Fsp3) is 0.333. The molecule has 3 aromatic rings. The minimum absolute atomic E-state index is 0.390. The van der Waals surface area contributed by atoms with Crippen molar-refractivity contribution < 1.29 is 9.47 Å². The van der Waals surface area contributed by atoms with Gasteiger partial charge in [-0.05, 0) is 61.1 Å². The average molecular weight is 422 g/mol. The first-order valence-corrected chi connectivity index (χ1v) is 11.4. The average Bonchev–Trinajstić information content (AvgIpc) is 3.17. The number of ether oxygens (including phenoxy) is 2. The van der Waals surface area contributed by atoms with Crippen LogP contribution in [-0.2, 0) is 26.0 Å². The summed E-state index contributed by atoms with van der Waals surface area (Å²) >= 11 is 1.63. The molecule has 0 bridgehead atoms. The van der Waals surface area contributed by atoms with Crippen LogP contribution in [0.3, 0.4) is 0 Å². The highest BCUT2D eigenvalue weighted by atomic mass is 32.2. The van der Waals surface area contributed by atoms with Crippen LogP contribution in [0.15, 0.2) is 66.3 Å². The van der Waals surface area contributed by atoms with E-state index < -0.39 is 0 Å². The van der Waals surface area contributed by atoms with Gasteiger partial charge in [0.25, 0.3) is 0 Å². The first-order valence-electron chi connectivity index (χ1n) is 10.4. The zero-order valence-electron chi connectivity index (χ0n) is 17.1. The van der Waals surface area contributed by atoms with Crippen molar-refractivity contribution in [3.05, 3.63) is 78.1 Å². The van der Waals surface area contributed by atoms with Crippen molar-refractivity contribution in [3.8, 4) is 11.5 Å². The molecule has 30 heavy (non-hydrogen) atoms. The highest BCUT2D eigenvalue weighted by Crippen LogP contribution is 2.26. The smallest absolute Gasteiger partial charge is 0.191 e. The van der Waals surface area contributed by atoms with E-state index in [9.17, 15) is 0 Å². The topological polar surface area (TPSA) is 49.2 Å². The van der Waals surface area contributed by atoms with Gasteiger partial charge in [0.15, 0.2) is 11.0 Å². The molecule has 1 aromatic heterocycles. The van der Waals surface area contributed by atoms with Crippen LogP contribution < -0.4 is 9.47 Å². The SMILES string of the molecule is C=CCn1c(COc2ccc3c(c2)CCCC3)nnc1SCCOc1ccccc1.